The van der Waals surface area contributed by atoms with Gasteiger partial charge in [0, 0.05) is 34.8 Å². The fourth-order valence-corrected chi connectivity index (χ4v) is 4.87. The van der Waals surface area contributed by atoms with Gasteiger partial charge in [-0.1, -0.05) is 90.5 Å². The summed E-state index contributed by atoms with van der Waals surface area (Å²) in [4.78, 5) is 50.8. The van der Waals surface area contributed by atoms with E-state index < -0.39 is 23.9 Å². The number of amides is 3. The minimum atomic E-state index is -0.920. The topological polar surface area (TPSA) is 123 Å². The van der Waals surface area contributed by atoms with Crippen molar-refractivity contribution in [3.63, 3.8) is 0 Å². The molecule has 0 aliphatic heterocycles. The van der Waals surface area contributed by atoms with E-state index >= 15 is 0 Å². The standard InChI is InChI=1S/C36H36ClN3O6/c1-45-33(41)22-21-27-12-6-8-15-31(27)39-35(43)32(16-9-23-38-36(44)46-24-29-13-5-7-14-30(29)37)40-34(42)28-19-17-26(18-20-28)25-10-3-2-4-11-25/h2-8,10-15,17-20,32H,9,16,21-24H2,1H3,(H,38,44)(H,39,43)(H,40,42)/t32-/m0/s1. The molecule has 3 N–H and O–H groups in total. The summed E-state index contributed by atoms with van der Waals surface area (Å²) < 4.78 is 10.00. The number of hydrogen-bond donors (Lipinski definition) is 3. The molecule has 0 saturated carbocycles. The van der Waals surface area contributed by atoms with Gasteiger partial charge in [0.15, 0.2) is 0 Å². The van der Waals surface area contributed by atoms with Crippen molar-refractivity contribution in [1.82, 2.24) is 10.6 Å². The quantitative estimate of drug-likeness (QED) is 0.106. The third kappa shape index (κ3) is 10.2. The predicted molar refractivity (Wildman–Crippen MR) is 177 cm³/mol. The summed E-state index contributed by atoms with van der Waals surface area (Å²) in [5, 5.41) is 8.93. The summed E-state index contributed by atoms with van der Waals surface area (Å²) in [6.45, 7) is 0.230. The number of aryl methyl sites for hydroxylation is 1. The van der Waals surface area contributed by atoms with Gasteiger partial charge in [-0.25, -0.2) is 4.79 Å². The highest BCUT2D eigenvalue weighted by Gasteiger charge is 2.23. The van der Waals surface area contributed by atoms with E-state index in [1.807, 2.05) is 54.6 Å². The molecule has 1 atom stereocenters. The Labute approximate surface area is 273 Å². The van der Waals surface area contributed by atoms with E-state index in [0.717, 1.165) is 16.7 Å². The molecule has 0 aromatic heterocycles. The zero-order chi connectivity index (χ0) is 32.7. The van der Waals surface area contributed by atoms with E-state index in [1.54, 1.807) is 48.5 Å². The van der Waals surface area contributed by atoms with Crippen molar-refractivity contribution in [2.45, 2.75) is 38.3 Å². The summed E-state index contributed by atoms with van der Waals surface area (Å²) in [5.74, 6) is -1.20. The van der Waals surface area contributed by atoms with E-state index in [0.29, 0.717) is 34.7 Å². The number of methoxy groups -OCH3 is 1. The van der Waals surface area contributed by atoms with Crippen LogP contribution in [0.5, 0.6) is 0 Å². The van der Waals surface area contributed by atoms with Gasteiger partial charge in [0.05, 0.1) is 7.11 Å². The third-order valence-electron chi connectivity index (χ3n) is 7.23. The lowest BCUT2D eigenvalue weighted by Gasteiger charge is -2.20. The third-order valence-corrected chi connectivity index (χ3v) is 7.60. The molecule has 0 heterocycles. The van der Waals surface area contributed by atoms with Crippen molar-refractivity contribution >= 4 is 41.2 Å². The van der Waals surface area contributed by atoms with Crippen LogP contribution < -0.4 is 16.0 Å². The molecule has 0 fully saturated rings. The second kappa shape index (κ2) is 17.4. The lowest BCUT2D eigenvalue weighted by atomic mass is 10.0. The van der Waals surface area contributed by atoms with Gasteiger partial charge in [-0.2, -0.15) is 0 Å². The van der Waals surface area contributed by atoms with Crippen LogP contribution in [0.2, 0.25) is 5.02 Å². The van der Waals surface area contributed by atoms with Gasteiger partial charge in [-0.15, -0.1) is 0 Å². The number of hydrogen-bond acceptors (Lipinski definition) is 6. The lowest BCUT2D eigenvalue weighted by molar-refractivity contribution is -0.140. The maximum absolute atomic E-state index is 13.5. The number of carbonyl (C=O) groups excluding carboxylic acids is 4. The molecule has 0 unspecified atom stereocenters. The lowest BCUT2D eigenvalue weighted by Crippen LogP contribution is -2.44. The van der Waals surface area contributed by atoms with Crippen LogP contribution in [0, 0.1) is 0 Å². The second-order valence-electron chi connectivity index (χ2n) is 10.4. The molecule has 0 bridgehead atoms. The van der Waals surface area contributed by atoms with Crippen molar-refractivity contribution in [2.24, 2.45) is 0 Å². The van der Waals surface area contributed by atoms with E-state index in [4.69, 9.17) is 21.1 Å². The average Bonchev–Trinajstić information content (AvgIpc) is 3.09. The molecular formula is C36H36ClN3O6. The number of ether oxygens (including phenoxy) is 2. The Bertz CT molecular complexity index is 1630. The van der Waals surface area contributed by atoms with Crippen molar-refractivity contribution in [1.29, 1.82) is 0 Å². The largest absolute Gasteiger partial charge is 0.469 e. The monoisotopic (exact) mass is 641 g/mol. The number of carbonyl (C=O) groups is 4. The zero-order valence-corrected chi connectivity index (χ0v) is 26.2. The van der Waals surface area contributed by atoms with Crippen LogP contribution >= 0.6 is 11.6 Å². The molecule has 238 valence electrons. The number of nitrogens with one attached hydrogen (secondary N) is 3. The number of anilines is 1. The van der Waals surface area contributed by atoms with Crippen molar-refractivity contribution in [3.8, 4) is 11.1 Å². The van der Waals surface area contributed by atoms with E-state index in [-0.39, 0.29) is 32.0 Å². The number of halogens is 1. The predicted octanol–water partition coefficient (Wildman–Crippen LogP) is 6.56. The summed E-state index contributed by atoms with van der Waals surface area (Å²) in [6, 6.07) is 30.2. The van der Waals surface area contributed by atoms with Gasteiger partial charge in [-0.3, -0.25) is 14.4 Å². The number of rotatable bonds is 14. The molecule has 10 heteroatoms. The fourth-order valence-electron chi connectivity index (χ4n) is 4.68. The minimum absolute atomic E-state index is 0.0189. The summed E-state index contributed by atoms with van der Waals surface area (Å²) in [6.07, 6.45) is 0.503. The van der Waals surface area contributed by atoms with Gasteiger partial charge < -0.3 is 25.4 Å². The molecule has 4 rings (SSSR count). The van der Waals surface area contributed by atoms with E-state index in [1.165, 1.54) is 7.11 Å². The molecule has 3 amide bonds. The highest BCUT2D eigenvalue weighted by Crippen LogP contribution is 2.21. The first-order valence-corrected chi connectivity index (χ1v) is 15.3. The highest BCUT2D eigenvalue weighted by atomic mass is 35.5. The zero-order valence-electron chi connectivity index (χ0n) is 25.5. The van der Waals surface area contributed by atoms with Crippen LogP contribution in [0.4, 0.5) is 10.5 Å². The fraction of sp³-hybridized carbons (Fsp3) is 0.222. The second-order valence-corrected chi connectivity index (χ2v) is 10.8. The first-order valence-electron chi connectivity index (χ1n) is 14.9. The van der Waals surface area contributed by atoms with E-state index in [9.17, 15) is 19.2 Å². The van der Waals surface area contributed by atoms with Crippen LogP contribution in [-0.4, -0.2) is 43.6 Å². The van der Waals surface area contributed by atoms with Gasteiger partial charge in [0.25, 0.3) is 5.91 Å². The highest BCUT2D eigenvalue weighted by molar-refractivity contribution is 6.31. The van der Waals surface area contributed by atoms with Crippen LogP contribution in [0.3, 0.4) is 0 Å². The Kier molecular flexibility index (Phi) is 12.7. The first kappa shape index (κ1) is 33.7. The molecule has 0 aliphatic carbocycles. The van der Waals surface area contributed by atoms with Crippen molar-refractivity contribution in [3.05, 3.63) is 125 Å². The molecule has 0 aliphatic rings. The number of alkyl carbamates (subject to hydrolysis) is 1. The molecule has 4 aromatic carbocycles. The molecule has 46 heavy (non-hydrogen) atoms. The number of benzene rings is 4. The van der Waals surface area contributed by atoms with Crippen molar-refractivity contribution < 1.29 is 28.7 Å². The Balaban J connectivity index is 1.40. The van der Waals surface area contributed by atoms with E-state index in [2.05, 4.69) is 16.0 Å². The van der Waals surface area contributed by atoms with Crippen LogP contribution in [-0.2, 0) is 32.1 Å². The molecule has 9 nitrogen and oxygen atoms in total. The number of esters is 1. The van der Waals surface area contributed by atoms with Crippen LogP contribution in [0.15, 0.2) is 103 Å². The molecule has 4 aromatic rings. The molecular weight excluding hydrogens is 606 g/mol. The van der Waals surface area contributed by atoms with Gasteiger partial charge >= 0.3 is 12.1 Å². The van der Waals surface area contributed by atoms with Gasteiger partial charge in [-0.05, 0) is 60.2 Å². The van der Waals surface area contributed by atoms with Crippen LogP contribution in [0.25, 0.3) is 11.1 Å². The smallest absolute Gasteiger partial charge is 0.407 e. The Morgan fingerprint density at radius 2 is 1.43 bits per heavy atom. The maximum atomic E-state index is 13.5. The number of para-hydroxylation sites is 1. The van der Waals surface area contributed by atoms with Gasteiger partial charge in [0.2, 0.25) is 5.91 Å². The summed E-state index contributed by atoms with van der Waals surface area (Å²) in [7, 11) is 1.33. The molecule has 0 saturated heterocycles. The minimum Gasteiger partial charge on any atom is -0.469 e. The van der Waals surface area contributed by atoms with Gasteiger partial charge in [0.1, 0.15) is 12.6 Å². The Morgan fingerprint density at radius 3 is 2.15 bits per heavy atom. The normalized spacial score (nSPS) is 11.2. The Hall–Kier alpha value is -5.15. The SMILES string of the molecule is COC(=O)CCc1ccccc1NC(=O)[C@H](CCCNC(=O)OCc1ccccc1Cl)NC(=O)c1ccc(-c2ccccc2)cc1. The maximum Gasteiger partial charge on any atom is 0.407 e. The molecule has 0 spiro atoms. The van der Waals surface area contributed by atoms with Crippen molar-refractivity contribution in [2.75, 3.05) is 19.0 Å². The summed E-state index contributed by atoms with van der Waals surface area (Å²) >= 11 is 6.12. The summed E-state index contributed by atoms with van der Waals surface area (Å²) in [5.41, 5.74) is 4.35. The Morgan fingerprint density at radius 1 is 0.783 bits per heavy atom. The molecule has 0 radical (unpaired) electrons. The average molecular weight is 642 g/mol. The first-order chi connectivity index (χ1) is 22.3. The van der Waals surface area contributed by atoms with Crippen LogP contribution in [0.1, 0.15) is 40.7 Å².